The van der Waals surface area contributed by atoms with Gasteiger partial charge in [0.25, 0.3) is 0 Å². The van der Waals surface area contributed by atoms with Gasteiger partial charge in [0, 0.05) is 0 Å². The zero-order valence-electron chi connectivity index (χ0n) is 7.85. The van der Waals surface area contributed by atoms with Gasteiger partial charge in [0.05, 0.1) is 0 Å². The molecule has 0 aliphatic heterocycles. The van der Waals surface area contributed by atoms with Crippen LogP contribution in [0.15, 0.2) is 11.4 Å². The second-order valence-corrected chi connectivity index (χ2v) is 3.50. The number of rotatable bonds is 2. The number of carboxylic acids is 1. The molecule has 74 valence electrons. The normalized spacial score (nSPS) is 27.1. The summed E-state index contributed by atoms with van der Waals surface area (Å²) in [6.07, 6.45) is 4.42. The van der Waals surface area contributed by atoms with Gasteiger partial charge in [-0.1, -0.05) is 13.3 Å². The van der Waals surface area contributed by atoms with E-state index in [0.717, 1.165) is 25.7 Å². The molecule has 0 aromatic rings. The monoisotopic (exact) mass is 186 g/mol. The molecule has 0 aromatic carbocycles. The Balaban J connectivity index is 2.85. The maximum Gasteiger partial charge on any atom is 0.364 e. The van der Waals surface area contributed by atoms with E-state index in [0.29, 0.717) is 12.0 Å². The molecule has 1 aliphatic rings. The molecule has 0 spiro atoms. The molecule has 0 radical (unpaired) electrons. The van der Waals surface area contributed by atoms with Crippen LogP contribution in [0.4, 0.5) is 4.39 Å². The highest BCUT2D eigenvalue weighted by Gasteiger charge is 2.23. The number of hydrogen-bond donors (Lipinski definition) is 1. The van der Waals surface area contributed by atoms with E-state index < -0.39 is 11.8 Å². The highest BCUT2D eigenvalue weighted by molar-refractivity contribution is 5.85. The first-order chi connectivity index (χ1) is 6.16. The Morgan fingerprint density at radius 1 is 1.62 bits per heavy atom. The van der Waals surface area contributed by atoms with Crippen LogP contribution in [0.1, 0.15) is 39.0 Å². The first kappa shape index (κ1) is 10.2. The van der Waals surface area contributed by atoms with Crippen molar-refractivity contribution >= 4 is 5.97 Å². The molecule has 1 rings (SSSR count). The number of aliphatic carboxylic acids is 1. The third-order valence-corrected chi connectivity index (χ3v) is 2.70. The van der Waals surface area contributed by atoms with Crippen LogP contribution in [0.3, 0.4) is 0 Å². The van der Waals surface area contributed by atoms with Crippen molar-refractivity contribution in [1.82, 2.24) is 0 Å². The summed E-state index contributed by atoms with van der Waals surface area (Å²) in [4.78, 5) is 10.4. The van der Waals surface area contributed by atoms with Gasteiger partial charge in [-0.2, -0.15) is 4.39 Å². The van der Waals surface area contributed by atoms with Gasteiger partial charge in [0.2, 0.25) is 5.83 Å². The van der Waals surface area contributed by atoms with Gasteiger partial charge >= 0.3 is 5.97 Å². The lowest BCUT2D eigenvalue weighted by Gasteiger charge is -2.23. The van der Waals surface area contributed by atoms with Crippen molar-refractivity contribution in [2.45, 2.75) is 39.0 Å². The molecule has 0 bridgehead atoms. The minimum Gasteiger partial charge on any atom is -0.476 e. The number of hydrogen-bond acceptors (Lipinski definition) is 1. The molecule has 0 aromatic heterocycles. The fraction of sp³-hybridized carbons (Fsp3) is 0.700. The summed E-state index contributed by atoms with van der Waals surface area (Å²) in [6, 6.07) is 0. The van der Waals surface area contributed by atoms with Gasteiger partial charge in [-0.15, -0.1) is 0 Å². The second kappa shape index (κ2) is 4.40. The minimum atomic E-state index is -1.41. The molecule has 13 heavy (non-hydrogen) atoms. The standard InChI is InChI=1S/C10H15FO2/c1-2-7-5-3-4-6-8(7)9(11)10(12)13/h7H,2-6H2,1H3,(H,12,13)/b9-8+. The van der Waals surface area contributed by atoms with Crippen LogP contribution >= 0.6 is 0 Å². The maximum absolute atomic E-state index is 13.1. The summed E-state index contributed by atoms with van der Waals surface area (Å²) in [6.45, 7) is 1.98. The lowest BCUT2D eigenvalue weighted by Crippen LogP contribution is -2.13. The zero-order valence-corrected chi connectivity index (χ0v) is 7.85. The lowest BCUT2D eigenvalue weighted by atomic mass is 9.82. The zero-order chi connectivity index (χ0) is 9.84. The molecule has 1 aliphatic carbocycles. The maximum atomic E-state index is 13.1. The predicted molar refractivity (Wildman–Crippen MR) is 48.0 cm³/mol. The number of carboxylic acid groups (broad SMARTS) is 1. The molecular weight excluding hydrogens is 171 g/mol. The topological polar surface area (TPSA) is 37.3 Å². The summed E-state index contributed by atoms with van der Waals surface area (Å²) in [5, 5.41) is 8.51. The number of carbonyl (C=O) groups is 1. The summed E-state index contributed by atoms with van der Waals surface area (Å²) < 4.78 is 13.1. The molecule has 1 unspecified atom stereocenters. The SMILES string of the molecule is CCC1CCCC/C1=C(\F)C(=O)O. The molecular formula is C10H15FO2. The van der Waals surface area contributed by atoms with Crippen LogP contribution < -0.4 is 0 Å². The molecule has 0 amide bonds. The third kappa shape index (κ3) is 2.29. The number of halogens is 1. The van der Waals surface area contributed by atoms with Gasteiger partial charge < -0.3 is 5.11 Å². The molecule has 1 atom stereocenters. The van der Waals surface area contributed by atoms with Gasteiger partial charge in [0.15, 0.2) is 0 Å². The first-order valence-corrected chi connectivity index (χ1v) is 4.78. The molecule has 1 fully saturated rings. The Morgan fingerprint density at radius 3 is 2.85 bits per heavy atom. The van der Waals surface area contributed by atoms with Crippen molar-refractivity contribution in [3.63, 3.8) is 0 Å². The molecule has 2 nitrogen and oxygen atoms in total. The van der Waals surface area contributed by atoms with Gasteiger partial charge in [-0.05, 0) is 37.2 Å². The largest absolute Gasteiger partial charge is 0.476 e. The van der Waals surface area contributed by atoms with E-state index in [1.54, 1.807) is 0 Å². The quantitative estimate of drug-likeness (QED) is 0.673. The van der Waals surface area contributed by atoms with Crippen molar-refractivity contribution in [3.8, 4) is 0 Å². The lowest BCUT2D eigenvalue weighted by molar-refractivity contribution is -0.134. The van der Waals surface area contributed by atoms with Crippen molar-refractivity contribution in [3.05, 3.63) is 11.4 Å². The minimum absolute atomic E-state index is 0.157. The average molecular weight is 186 g/mol. The first-order valence-electron chi connectivity index (χ1n) is 4.78. The summed E-state index contributed by atoms with van der Waals surface area (Å²) >= 11 is 0. The summed E-state index contributed by atoms with van der Waals surface area (Å²) in [5.74, 6) is -2.16. The van der Waals surface area contributed by atoms with Crippen molar-refractivity contribution < 1.29 is 14.3 Å². The van der Waals surface area contributed by atoms with Crippen LogP contribution in [0.25, 0.3) is 0 Å². The summed E-state index contributed by atoms with van der Waals surface area (Å²) in [7, 11) is 0. The van der Waals surface area contributed by atoms with Crippen molar-refractivity contribution in [2.75, 3.05) is 0 Å². The Kier molecular flexibility index (Phi) is 3.46. The van der Waals surface area contributed by atoms with E-state index in [1.165, 1.54) is 0 Å². The Hall–Kier alpha value is -0.860. The Bertz CT molecular complexity index is 233. The number of allylic oxidation sites excluding steroid dienone is 1. The fourth-order valence-electron chi connectivity index (χ4n) is 1.96. The van der Waals surface area contributed by atoms with Crippen LogP contribution in [-0.4, -0.2) is 11.1 Å². The predicted octanol–water partition coefficient (Wildman–Crippen LogP) is 2.89. The van der Waals surface area contributed by atoms with E-state index in [4.69, 9.17) is 5.11 Å². The van der Waals surface area contributed by atoms with Crippen molar-refractivity contribution in [1.29, 1.82) is 0 Å². The van der Waals surface area contributed by atoms with Crippen LogP contribution in [0.5, 0.6) is 0 Å². The molecule has 0 saturated heterocycles. The smallest absolute Gasteiger partial charge is 0.364 e. The highest BCUT2D eigenvalue weighted by Crippen LogP contribution is 2.34. The van der Waals surface area contributed by atoms with E-state index in [-0.39, 0.29) is 5.92 Å². The van der Waals surface area contributed by atoms with Crippen LogP contribution in [0.2, 0.25) is 0 Å². The van der Waals surface area contributed by atoms with E-state index in [2.05, 4.69) is 0 Å². The highest BCUT2D eigenvalue weighted by atomic mass is 19.1. The average Bonchev–Trinajstić information content (AvgIpc) is 2.16. The van der Waals surface area contributed by atoms with Crippen molar-refractivity contribution in [2.24, 2.45) is 5.92 Å². The third-order valence-electron chi connectivity index (χ3n) is 2.70. The fourth-order valence-corrected chi connectivity index (χ4v) is 1.96. The Morgan fingerprint density at radius 2 is 2.31 bits per heavy atom. The van der Waals surface area contributed by atoms with Crippen LogP contribution in [0, 0.1) is 5.92 Å². The van der Waals surface area contributed by atoms with E-state index in [9.17, 15) is 9.18 Å². The van der Waals surface area contributed by atoms with Gasteiger partial charge in [-0.25, -0.2) is 4.79 Å². The van der Waals surface area contributed by atoms with E-state index in [1.807, 2.05) is 6.92 Å². The molecule has 1 N–H and O–H groups in total. The molecule has 3 heteroatoms. The summed E-state index contributed by atoms with van der Waals surface area (Å²) in [5.41, 5.74) is 0.529. The van der Waals surface area contributed by atoms with E-state index >= 15 is 0 Å². The second-order valence-electron chi connectivity index (χ2n) is 3.50. The van der Waals surface area contributed by atoms with Gasteiger partial charge in [-0.3, -0.25) is 0 Å². The molecule has 1 saturated carbocycles. The van der Waals surface area contributed by atoms with Crippen LogP contribution in [-0.2, 0) is 4.79 Å². The Labute approximate surface area is 77.4 Å². The van der Waals surface area contributed by atoms with Gasteiger partial charge in [0.1, 0.15) is 0 Å². The molecule has 0 heterocycles.